The van der Waals surface area contributed by atoms with Crippen LogP contribution in [0.4, 0.5) is 5.13 Å². The quantitative estimate of drug-likeness (QED) is 0.939. The monoisotopic (exact) mass is 318 g/mol. The van der Waals surface area contributed by atoms with Crippen molar-refractivity contribution in [2.75, 3.05) is 18.0 Å². The molecule has 116 valence electrons. The maximum atomic E-state index is 11.8. The number of carboxylic acids is 1. The van der Waals surface area contributed by atoms with E-state index in [1.165, 1.54) is 0 Å². The van der Waals surface area contributed by atoms with Crippen LogP contribution in [0, 0.1) is 6.92 Å². The lowest BCUT2D eigenvalue weighted by Gasteiger charge is -2.38. The van der Waals surface area contributed by atoms with Gasteiger partial charge in [-0.05, 0) is 24.6 Å². The van der Waals surface area contributed by atoms with Crippen LogP contribution in [-0.4, -0.2) is 34.8 Å². The van der Waals surface area contributed by atoms with Crippen molar-refractivity contribution in [2.24, 2.45) is 0 Å². The van der Waals surface area contributed by atoms with E-state index in [9.17, 15) is 9.90 Å². The van der Waals surface area contributed by atoms with Gasteiger partial charge in [0.25, 0.3) is 0 Å². The zero-order chi connectivity index (χ0) is 15.6. The van der Waals surface area contributed by atoms with Crippen LogP contribution in [0.5, 0.6) is 5.75 Å². The lowest BCUT2D eigenvalue weighted by molar-refractivity contribution is -0.157. The number of carboxylic acid groups (broad SMARTS) is 1. The number of hydrogen-bond donors (Lipinski definition) is 1. The Labute approximate surface area is 133 Å². The minimum atomic E-state index is -1.15. The highest BCUT2D eigenvalue weighted by molar-refractivity contribution is 7.13. The van der Waals surface area contributed by atoms with Crippen LogP contribution in [-0.2, 0) is 4.79 Å². The molecule has 1 aromatic heterocycles. The maximum absolute atomic E-state index is 11.8. The number of hydrogen-bond acceptors (Lipinski definition) is 5. The van der Waals surface area contributed by atoms with Crippen molar-refractivity contribution in [1.82, 2.24) is 4.98 Å². The standard InChI is InChI=1S/C16H18N2O3S/c1-12-3-2-4-13(11-12)21-16(14(19)20)5-8-18(9-6-16)15-17-7-10-22-15/h2-4,7,10-11H,5-6,8-9H2,1H3,(H,19,20). The summed E-state index contributed by atoms with van der Waals surface area (Å²) in [5.41, 5.74) is -0.0973. The summed E-state index contributed by atoms with van der Waals surface area (Å²) in [4.78, 5) is 18.2. The zero-order valence-electron chi connectivity index (χ0n) is 12.4. The number of thiazole rings is 1. The summed E-state index contributed by atoms with van der Waals surface area (Å²) in [5.74, 6) is -0.280. The predicted octanol–water partition coefficient (Wildman–Crippen LogP) is 2.95. The molecule has 0 radical (unpaired) electrons. The van der Waals surface area contributed by atoms with Crippen molar-refractivity contribution in [3.05, 3.63) is 41.4 Å². The Morgan fingerprint density at radius 2 is 2.18 bits per heavy atom. The van der Waals surface area contributed by atoms with Crippen molar-refractivity contribution in [1.29, 1.82) is 0 Å². The number of rotatable bonds is 4. The van der Waals surface area contributed by atoms with Crippen LogP contribution in [0.3, 0.4) is 0 Å². The van der Waals surface area contributed by atoms with E-state index in [4.69, 9.17) is 4.74 Å². The Bertz CT molecular complexity index is 649. The van der Waals surface area contributed by atoms with Crippen LogP contribution < -0.4 is 9.64 Å². The van der Waals surface area contributed by atoms with Crippen molar-refractivity contribution >= 4 is 22.4 Å². The van der Waals surface area contributed by atoms with Gasteiger partial charge in [0, 0.05) is 37.5 Å². The van der Waals surface area contributed by atoms with Gasteiger partial charge in [0.05, 0.1) is 0 Å². The van der Waals surface area contributed by atoms with E-state index >= 15 is 0 Å². The van der Waals surface area contributed by atoms with E-state index < -0.39 is 11.6 Å². The second-order valence-electron chi connectivity index (χ2n) is 5.52. The smallest absolute Gasteiger partial charge is 0.348 e. The van der Waals surface area contributed by atoms with E-state index in [0.717, 1.165) is 10.7 Å². The second kappa shape index (κ2) is 5.96. The summed E-state index contributed by atoms with van der Waals surface area (Å²) in [6.45, 7) is 3.22. The van der Waals surface area contributed by atoms with E-state index in [0.29, 0.717) is 31.7 Å². The molecule has 0 amide bonds. The highest BCUT2D eigenvalue weighted by atomic mass is 32.1. The van der Waals surface area contributed by atoms with Gasteiger partial charge in [0.2, 0.25) is 5.60 Å². The molecule has 6 heteroatoms. The summed E-state index contributed by atoms with van der Waals surface area (Å²) in [5, 5.41) is 12.5. The van der Waals surface area contributed by atoms with Crippen LogP contribution in [0.1, 0.15) is 18.4 Å². The SMILES string of the molecule is Cc1cccc(OC2(C(=O)O)CCN(c3nccs3)CC2)c1. The Kier molecular flexibility index (Phi) is 4.02. The van der Waals surface area contributed by atoms with Crippen LogP contribution in [0.25, 0.3) is 0 Å². The van der Waals surface area contributed by atoms with Gasteiger partial charge < -0.3 is 14.7 Å². The average Bonchev–Trinajstić information content (AvgIpc) is 3.02. The molecule has 0 atom stereocenters. The van der Waals surface area contributed by atoms with E-state index in [2.05, 4.69) is 9.88 Å². The molecule has 5 nitrogen and oxygen atoms in total. The molecule has 2 heterocycles. The Hall–Kier alpha value is -2.08. The predicted molar refractivity (Wildman–Crippen MR) is 85.7 cm³/mol. The lowest BCUT2D eigenvalue weighted by atomic mass is 9.91. The first-order valence-electron chi connectivity index (χ1n) is 7.23. The van der Waals surface area contributed by atoms with Crippen molar-refractivity contribution in [3.8, 4) is 5.75 Å². The van der Waals surface area contributed by atoms with Crippen LogP contribution in [0.15, 0.2) is 35.8 Å². The van der Waals surface area contributed by atoms with E-state index in [1.54, 1.807) is 17.5 Å². The summed E-state index contributed by atoms with van der Waals surface area (Å²) in [6, 6.07) is 7.53. The Morgan fingerprint density at radius 1 is 1.41 bits per heavy atom. The summed E-state index contributed by atoms with van der Waals surface area (Å²) in [7, 11) is 0. The first kappa shape index (κ1) is 14.8. The lowest BCUT2D eigenvalue weighted by Crippen LogP contribution is -2.53. The molecule has 1 fully saturated rings. The fraction of sp³-hybridized carbons (Fsp3) is 0.375. The second-order valence-corrected chi connectivity index (χ2v) is 6.39. The molecule has 1 N–H and O–H groups in total. The fourth-order valence-electron chi connectivity index (χ4n) is 2.70. The maximum Gasteiger partial charge on any atom is 0.348 e. The van der Waals surface area contributed by atoms with Crippen LogP contribution in [0.2, 0.25) is 0 Å². The van der Waals surface area contributed by atoms with Crippen molar-refractivity contribution in [2.45, 2.75) is 25.4 Å². The minimum absolute atomic E-state index is 0.440. The molecule has 0 saturated carbocycles. The van der Waals surface area contributed by atoms with E-state index in [1.807, 2.05) is 36.6 Å². The molecule has 1 aromatic carbocycles. The number of anilines is 1. The molecule has 22 heavy (non-hydrogen) atoms. The molecule has 0 unspecified atom stereocenters. The third-order valence-electron chi connectivity index (χ3n) is 3.95. The van der Waals surface area contributed by atoms with Crippen LogP contribution >= 0.6 is 11.3 Å². The topological polar surface area (TPSA) is 62.7 Å². The number of carbonyl (C=O) groups is 1. The highest BCUT2D eigenvalue weighted by Crippen LogP contribution is 2.32. The number of aryl methyl sites for hydroxylation is 1. The third-order valence-corrected chi connectivity index (χ3v) is 4.79. The van der Waals surface area contributed by atoms with Gasteiger partial charge in [-0.2, -0.15) is 0 Å². The summed E-state index contributed by atoms with van der Waals surface area (Å²) >= 11 is 1.57. The number of nitrogens with zero attached hydrogens (tertiary/aromatic N) is 2. The van der Waals surface area contributed by atoms with Gasteiger partial charge in [0.1, 0.15) is 5.75 Å². The third kappa shape index (κ3) is 2.92. The molecular formula is C16H18N2O3S. The number of piperidine rings is 1. The van der Waals surface area contributed by atoms with Gasteiger partial charge >= 0.3 is 5.97 Å². The number of aliphatic carboxylic acids is 1. The number of aromatic nitrogens is 1. The zero-order valence-corrected chi connectivity index (χ0v) is 13.2. The van der Waals surface area contributed by atoms with Gasteiger partial charge in [-0.3, -0.25) is 0 Å². The number of ether oxygens (including phenoxy) is 1. The summed E-state index contributed by atoms with van der Waals surface area (Å²) < 4.78 is 5.91. The minimum Gasteiger partial charge on any atom is -0.478 e. The Balaban J connectivity index is 1.75. The van der Waals surface area contributed by atoms with Gasteiger partial charge in [-0.25, -0.2) is 9.78 Å². The average molecular weight is 318 g/mol. The largest absolute Gasteiger partial charge is 0.478 e. The molecule has 3 rings (SSSR count). The van der Waals surface area contributed by atoms with Crippen molar-refractivity contribution < 1.29 is 14.6 Å². The number of benzene rings is 1. The molecule has 0 spiro atoms. The molecule has 1 saturated heterocycles. The molecule has 1 aliphatic heterocycles. The molecule has 2 aromatic rings. The van der Waals surface area contributed by atoms with Gasteiger partial charge in [-0.15, -0.1) is 11.3 Å². The molecular weight excluding hydrogens is 300 g/mol. The normalized spacial score (nSPS) is 17.2. The fourth-order valence-corrected chi connectivity index (χ4v) is 3.39. The molecule has 1 aliphatic rings. The van der Waals surface area contributed by atoms with Gasteiger partial charge in [-0.1, -0.05) is 12.1 Å². The van der Waals surface area contributed by atoms with Crippen molar-refractivity contribution in [3.63, 3.8) is 0 Å². The Morgan fingerprint density at radius 3 is 2.77 bits per heavy atom. The summed E-state index contributed by atoms with van der Waals surface area (Å²) in [6.07, 6.45) is 2.65. The van der Waals surface area contributed by atoms with E-state index in [-0.39, 0.29) is 0 Å². The van der Waals surface area contributed by atoms with Gasteiger partial charge in [0.15, 0.2) is 5.13 Å². The molecule has 0 bridgehead atoms. The first-order chi connectivity index (χ1) is 10.6. The molecule has 0 aliphatic carbocycles. The first-order valence-corrected chi connectivity index (χ1v) is 8.11. The highest BCUT2D eigenvalue weighted by Gasteiger charge is 2.44.